The number of ether oxygens (including phenoxy) is 1. The normalized spacial score (nSPS) is 36.7. The van der Waals surface area contributed by atoms with Gasteiger partial charge >= 0.3 is 0 Å². The van der Waals surface area contributed by atoms with Crippen molar-refractivity contribution in [3.63, 3.8) is 0 Å². The maximum Gasteiger partial charge on any atom is 0.0500 e. The fourth-order valence-corrected chi connectivity index (χ4v) is 3.00. The lowest BCUT2D eigenvalue weighted by atomic mass is 9.78. The van der Waals surface area contributed by atoms with Gasteiger partial charge in [0.15, 0.2) is 0 Å². The number of nitrogens with two attached hydrogens (primary N) is 1. The molecule has 1 aliphatic heterocycles. The molecule has 2 fully saturated rings. The van der Waals surface area contributed by atoms with E-state index in [0.29, 0.717) is 0 Å². The minimum absolute atomic E-state index is 0.747. The van der Waals surface area contributed by atoms with Gasteiger partial charge in [0.25, 0.3) is 0 Å². The van der Waals surface area contributed by atoms with Gasteiger partial charge in [0.1, 0.15) is 0 Å². The summed E-state index contributed by atoms with van der Waals surface area (Å²) < 4.78 is 5.57. The van der Waals surface area contributed by atoms with Crippen molar-refractivity contribution in [3.8, 4) is 0 Å². The summed E-state index contributed by atoms with van der Waals surface area (Å²) in [5.41, 5.74) is 5.81. The molecule has 2 aliphatic rings. The van der Waals surface area contributed by atoms with Crippen molar-refractivity contribution in [1.82, 2.24) is 0 Å². The number of rotatable bonds is 2. The highest BCUT2D eigenvalue weighted by molar-refractivity contribution is 4.83. The third kappa shape index (κ3) is 2.05. The van der Waals surface area contributed by atoms with Crippen LogP contribution in [0.5, 0.6) is 0 Å². The Balaban J connectivity index is 1.93. The monoisotopic (exact) mass is 183 g/mol. The minimum atomic E-state index is 0.747. The molecule has 2 unspecified atom stereocenters. The van der Waals surface area contributed by atoms with E-state index >= 15 is 0 Å². The predicted molar refractivity (Wildman–Crippen MR) is 53.4 cm³/mol. The van der Waals surface area contributed by atoms with E-state index in [2.05, 4.69) is 0 Å². The topological polar surface area (TPSA) is 35.2 Å². The summed E-state index contributed by atoms with van der Waals surface area (Å²) in [5, 5.41) is 0. The summed E-state index contributed by atoms with van der Waals surface area (Å²) in [4.78, 5) is 0. The third-order valence-corrected chi connectivity index (χ3v) is 3.86. The SMILES string of the molecule is NCC1CCOCC1C1CCCC1. The first kappa shape index (κ1) is 9.47. The quantitative estimate of drug-likeness (QED) is 0.708. The van der Waals surface area contributed by atoms with Crippen LogP contribution in [0.4, 0.5) is 0 Å². The zero-order valence-electron chi connectivity index (χ0n) is 8.37. The molecule has 0 aromatic rings. The van der Waals surface area contributed by atoms with E-state index in [0.717, 1.165) is 37.5 Å². The molecule has 2 atom stereocenters. The molecular weight excluding hydrogens is 162 g/mol. The zero-order valence-corrected chi connectivity index (χ0v) is 8.37. The second-order valence-corrected chi connectivity index (χ2v) is 4.57. The van der Waals surface area contributed by atoms with E-state index < -0.39 is 0 Å². The first-order valence-electron chi connectivity index (χ1n) is 5.69. The van der Waals surface area contributed by atoms with Crippen LogP contribution in [0.15, 0.2) is 0 Å². The summed E-state index contributed by atoms with van der Waals surface area (Å²) in [6.45, 7) is 2.78. The highest BCUT2D eigenvalue weighted by Gasteiger charge is 2.32. The minimum Gasteiger partial charge on any atom is -0.381 e. The van der Waals surface area contributed by atoms with Crippen molar-refractivity contribution < 1.29 is 4.74 Å². The van der Waals surface area contributed by atoms with Crippen molar-refractivity contribution in [1.29, 1.82) is 0 Å². The molecule has 1 saturated carbocycles. The van der Waals surface area contributed by atoms with Gasteiger partial charge in [0.05, 0.1) is 0 Å². The lowest BCUT2D eigenvalue weighted by molar-refractivity contribution is -0.00483. The summed E-state index contributed by atoms with van der Waals surface area (Å²) in [6.07, 6.45) is 6.89. The average Bonchev–Trinajstić information content (AvgIpc) is 2.70. The van der Waals surface area contributed by atoms with Crippen LogP contribution in [0.3, 0.4) is 0 Å². The summed E-state index contributed by atoms with van der Waals surface area (Å²) in [5.74, 6) is 2.45. The Kier molecular flexibility index (Phi) is 3.23. The van der Waals surface area contributed by atoms with Gasteiger partial charge < -0.3 is 10.5 Å². The van der Waals surface area contributed by atoms with E-state index in [9.17, 15) is 0 Å². The largest absolute Gasteiger partial charge is 0.381 e. The molecule has 1 aliphatic carbocycles. The van der Waals surface area contributed by atoms with Crippen molar-refractivity contribution in [2.24, 2.45) is 23.5 Å². The average molecular weight is 183 g/mol. The van der Waals surface area contributed by atoms with Crippen LogP contribution < -0.4 is 5.73 Å². The summed E-state index contributed by atoms with van der Waals surface area (Å²) in [6, 6.07) is 0. The molecular formula is C11H21NO. The van der Waals surface area contributed by atoms with Crippen LogP contribution in [0.25, 0.3) is 0 Å². The Morgan fingerprint density at radius 2 is 1.92 bits per heavy atom. The van der Waals surface area contributed by atoms with Gasteiger partial charge in [-0.15, -0.1) is 0 Å². The van der Waals surface area contributed by atoms with Crippen LogP contribution in [0.1, 0.15) is 32.1 Å². The molecule has 2 heteroatoms. The molecule has 0 aromatic carbocycles. The molecule has 0 amide bonds. The van der Waals surface area contributed by atoms with E-state index in [1.54, 1.807) is 0 Å². The van der Waals surface area contributed by atoms with E-state index in [4.69, 9.17) is 10.5 Å². The van der Waals surface area contributed by atoms with Crippen molar-refractivity contribution in [2.45, 2.75) is 32.1 Å². The smallest absolute Gasteiger partial charge is 0.0500 e. The third-order valence-electron chi connectivity index (χ3n) is 3.86. The molecule has 1 saturated heterocycles. The van der Waals surface area contributed by atoms with Crippen LogP contribution in [0, 0.1) is 17.8 Å². The lowest BCUT2D eigenvalue weighted by Gasteiger charge is -2.34. The molecule has 76 valence electrons. The molecule has 1 heterocycles. The lowest BCUT2D eigenvalue weighted by Crippen LogP contribution is -2.36. The Labute approximate surface area is 80.8 Å². The molecule has 0 spiro atoms. The van der Waals surface area contributed by atoms with E-state index in [1.807, 2.05) is 0 Å². The first-order chi connectivity index (χ1) is 6.42. The van der Waals surface area contributed by atoms with Gasteiger partial charge in [0, 0.05) is 13.2 Å². The molecule has 0 aromatic heterocycles. The Hall–Kier alpha value is -0.0800. The number of hydrogen-bond acceptors (Lipinski definition) is 2. The summed E-state index contributed by atoms with van der Waals surface area (Å²) in [7, 11) is 0. The van der Waals surface area contributed by atoms with Gasteiger partial charge in [-0.25, -0.2) is 0 Å². The van der Waals surface area contributed by atoms with Crippen LogP contribution in [0.2, 0.25) is 0 Å². The fraction of sp³-hybridized carbons (Fsp3) is 1.00. The predicted octanol–water partition coefficient (Wildman–Crippen LogP) is 1.79. The van der Waals surface area contributed by atoms with Crippen molar-refractivity contribution in [3.05, 3.63) is 0 Å². The second-order valence-electron chi connectivity index (χ2n) is 4.57. The van der Waals surface area contributed by atoms with Crippen LogP contribution in [-0.2, 0) is 4.74 Å². The molecule has 2 rings (SSSR count). The maximum atomic E-state index is 5.81. The van der Waals surface area contributed by atoms with Gasteiger partial charge in [0.2, 0.25) is 0 Å². The molecule has 0 radical (unpaired) electrons. The Morgan fingerprint density at radius 3 is 2.62 bits per heavy atom. The van der Waals surface area contributed by atoms with Gasteiger partial charge in [-0.05, 0) is 30.7 Å². The highest BCUT2D eigenvalue weighted by Crippen LogP contribution is 2.37. The first-order valence-corrected chi connectivity index (χ1v) is 5.69. The molecule has 13 heavy (non-hydrogen) atoms. The van der Waals surface area contributed by atoms with Crippen LogP contribution in [-0.4, -0.2) is 19.8 Å². The Morgan fingerprint density at radius 1 is 1.15 bits per heavy atom. The molecule has 2 nitrogen and oxygen atoms in total. The molecule has 2 N–H and O–H groups in total. The van der Waals surface area contributed by atoms with Gasteiger partial charge in [-0.2, -0.15) is 0 Å². The van der Waals surface area contributed by atoms with E-state index in [1.165, 1.54) is 32.1 Å². The van der Waals surface area contributed by atoms with Gasteiger partial charge in [-0.3, -0.25) is 0 Å². The summed E-state index contributed by atoms with van der Waals surface area (Å²) >= 11 is 0. The van der Waals surface area contributed by atoms with Crippen LogP contribution >= 0.6 is 0 Å². The zero-order chi connectivity index (χ0) is 9.10. The second kappa shape index (κ2) is 4.43. The number of hydrogen-bond donors (Lipinski definition) is 1. The van der Waals surface area contributed by atoms with E-state index in [-0.39, 0.29) is 0 Å². The van der Waals surface area contributed by atoms with Crippen molar-refractivity contribution >= 4 is 0 Å². The Bertz CT molecular complexity index is 152. The maximum absolute atomic E-state index is 5.81. The fourth-order valence-electron chi connectivity index (χ4n) is 3.00. The van der Waals surface area contributed by atoms with Crippen molar-refractivity contribution in [2.75, 3.05) is 19.8 Å². The van der Waals surface area contributed by atoms with Gasteiger partial charge in [-0.1, -0.05) is 25.7 Å². The standard InChI is InChI=1S/C11H21NO/c12-7-10-5-6-13-8-11(10)9-3-1-2-4-9/h9-11H,1-8,12H2. The highest BCUT2D eigenvalue weighted by atomic mass is 16.5. The molecule has 0 bridgehead atoms.